The Hall–Kier alpha value is -0.610. The third-order valence-corrected chi connectivity index (χ3v) is 1.47. The van der Waals surface area contributed by atoms with Crippen LogP contribution in [0.5, 0.6) is 0 Å². The van der Waals surface area contributed by atoms with E-state index in [9.17, 15) is 4.79 Å². The third-order valence-electron chi connectivity index (χ3n) is 1.47. The average Bonchev–Trinajstić information content (AvgIpc) is 2.00. The first-order chi connectivity index (χ1) is 5.56. The van der Waals surface area contributed by atoms with Gasteiger partial charge in [0.05, 0.1) is 12.7 Å². The van der Waals surface area contributed by atoms with Gasteiger partial charge in [-0.25, -0.2) is 0 Å². The lowest BCUT2D eigenvalue weighted by molar-refractivity contribution is -0.122. The number of hydrogen-bond donors (Lipinski definition) is 3. The van der Waals surface area contributed by atoms with Gasteiger partial charge in [0.25, 0.3) is 0 Å². The molecular weight excluding hydrogens is 158 g/mol. The minimum atomic E-state index is -0.444. The number of aliphatic hydroxyl groups is 2. The number of rotatable bonds is 5. The number of nitrogens with one attached hydrogen (secondary N) is 1. The Labute approximate surface area is 72.6 Å². The SMILES string of the molecule is CC(O)CCC(=O)NC(C)CO. The summed E-state index contributed by atoms with van der Waals surface area (Å²) in [6.07, 6.45) is 0.326. The molecule has 12 heavy (non-hydrogen) atoms. The Kier molecular flexibility index (Phi) is 5.66. The predicted molar refractivity (Wildman–Crippen MR) is 45.6 cm³/mol. The predicted octanol–water partition coefficient (Wildman–Crippen LogP) is -0.356. The van der Waals surface area contributed by atoms with Gasteiger partial charge in [-0.1, -0.05) is 0 Å². The van der Waals surface area contributed by atoms with Gasteiger partial charge in [0.2, 0.25) is 5.91 Å². The molecule has 0 radical (unpaired) electrons. The van der Waals surface area contributed by atoms with E-state index in [0.29, 0.717) is 12.8 Å². The molecule has 2 unspecified atom stereocenters. The molecule has 3 N–H and O–H groups in total. The zero-order valence-corrected chi connectivity index (χ0v) is 7.58. The van der Waals surface area contributed by atoms with Crippen LogP contribution in [-0.2, 0) is 4.79 Å². The van der Waals surface area contributed by atoms with E-state index in [1.165, 1.54) is 0 Å². The lowest BCUT2D eigenvalue weighted by Gasteiger charge is -2.10. The van der Waals surface area contributed by atoms with Crippen LogP contribution < -0.4 is 5.32 Å². The summed E-state index contributed by atoms with van der Waals surface area (Å²) in [4.78, 5) is 11.0. The minimum absolute atomic E-state index is 0.0551. The van der Waals surface area contributed by atoms with Crippen LogP contribution in [-0.4, -0.2) is 34.9 Å². The zero-order valence-electron chi connectivity index (χ0n) is 7.58. The fourth-order valence-electron chi connectivity index (χ4n) is 0.733. The smallest absolute Gasteiger partial charge is 0.220 e. The summed E-state index contributed by atoms with van der Waals surface area (Å²) in [6.45, 7) is 3.31. The number of carbonyl (C=O) groups is 1. The van der Waals surface area contributed by atoms with Crippen molar-refractivity contribution in [2.45, 2.75) is 38.8 Å². The second-order valence-electron chi connectivity index (χ2n) is 3.04. The van der Waals surface area contributed by atoms with Gasteiger partial charge in [-0.3, -0.25) is 4.79 Å². The van der Waals surface area contributed by atoms with Gasteiger partial charge < -0.3 is 15.5 Å². The molecule has 4 nitrogen and oxygen atoms in total. The molecule has 0 aliphatic rings. The first-order valence-electron chi connectivity index (χ1n) is 4.14. The molecule has 1 amide bonds. The first-order valence-corrected chi connectivity index (χ1v) is 4.14. The lowest BCUT2D eigenvalue weighted by Crippen LogP contribution is -2.35. The molecular formula is C8H17NO3. The molecule has 0 heterocycles. The topological polar surface area (TPSA) is 69.6 Å². The van der Waals surface area contributed by atoms with Gasteiger partial charge in [0.1, 0.15) is 0 Å². The van der Waals surface area contributed by atoms with E-state index >= 15 is 0 Å². The highest BCUT2D eigenvalue weighted by molar-refractivity contribution is 5.76. The molecule has 4 heteroatoms. The van der Waals surface area contributed by atoms with Crippen LogP contribution in [0.4, 0.5) is 0 Å². The van der Waals surface area contributed by atoms with E-state index < -0.39 is 6.10 Å². The largest absolute Gasteiger partial charge is 0.394 e. The van der Waals surface area contributed by atoms with Gasteiger partial charge in [-0.2, -0.15) is 0 Å². The Balaban J connectivity index is 3.46. The molecule has 0 spiro atoms. The maximum atomic E-state index is 11.0. The molecule has 0 aliphatic heterocycles. The highest BCUT2D eigenvalue weighted by Crippen LogP contribution is 1.95. The molecule has 0 saturated heterocycles. The zero-order chi connectivity index (χ0) is 9.56. The highest BCUT2D eigenvalue weighted by Gasteiger charge is 2.06. The molecule has 72 valence electrons. The third kappa shape index (κ3) is 6.12. The van der Waals surface area contributed by atoms with Gasteiger partial charge in [-0.05, 0) is 20.3 Å². The average molecular weight is 175 g/mol. The van der Waals surface area contributed by atoms with E-state index in [4.69, 9.17) is 10.2 Å². The van der Waals surface area contributed by atoms with Crippen LogP contribution in [0.2, 0.25) is 0 Å². The monoisotopic (exact) mass is 175 g/mol. The van der Waals surface area contributed by atoms with Crippen LogP contribution in [0.1, 0.15) is 26.7 Å². The highest BCUT2D eigenvalue weighted by atomic mass is 16.3. The van der Waals surface area contributed by atoms with Crippen LogP contribution in [0.15, 0.2) is 0 Å². The molecule has 0 bridgehead atoms. The molecule has 0 rings (SSSR count). The summed E-state index contributed by atoms with van der Waals surface area (Å²) in [6, 6.07) is -0.202. The van der Waals surface area contributed by atoms with E-state index in [2.05, 4.69) is 5.32 Å². The van der Waals surface area contributed by atoms with Gasteiger partial charge in [0.15, 0.2) is 0 Å². The summed E-state index contributed by atoms with van der Waals surface area (Å²) >= 11 is 0. The van der Waals surface area contributed by atoms with Gasteiger partial charge >= 0.3 is 0 Å². The molecule has 0 fully saturated rings. The molecule has 2 atom stereocenters. The maximum Gasteiger partial charge on any atom is 0.220 e. The minimum Gasteiger partial charge on any atom is -0.394 e. The molecule has 0 saturated carbocycles. The molecule has 0 aromatic rings. The molecule has 0 aromatic carbocycles. The summed E-state index contributed by atoms with van der Waals surface area (Å²) in [5, 5.41) is 20.0. The van der Waals surface area contributed by atoms with Crippen LogP contribution in [0, 0.1) is 0 Å². The fourth-order valence-corrected chi connectivity index (χ4v) is 0.733. The van der Waals surface area contributed by atoms with Crippen molar-refractivity contribution in [1.29, 1.82) is 0 Å². The van der Waals surface area contributed by atoms with Crippen molar-refractivity contribution < 1.29 is 15.0 Å². The number of hydrogen-bond acceptors (Lipinski definition) is 3. The normalized spacial score (nSPS) is 15.3. The van der Waals surface area contributed by atoms with Crippen molar-refractivity contribution >= 4 is 5.91 Å². The van der Waals surface area contributed by atoms with Crippen molar-refractivity contribution in [2.75, 3.05) is 6.61 Å². The summed E-state index contributed by atoms with van der Waals surface area (Å²) in [7, 11) is 0. The Bertz CT molecular complexity index is 136. The van der Waals surface area contributed by atoms with Gasteiger partial charge in [-0.15, -0.1) is 0 Å². The Morgan fingerprint density at radius 2 is 2.08 bits per heavy atom. The van der Waals surface area contributed by atoms with E-state index in [1.54, 1.807) is 13.8 Å². The van der Waals surface area contributed by atoms with Gasteiger partial charge in [0, 0.05) is 12.5 Å². The van der Waals surface area contributed by atoms with Crippen molar-refractivity contribution in [1.82, 2.24) is 5.32 Å². The molecule has 0 aromatic heterocycles. The quantitative estimate of drug-likeness (QED) is 0.534. The number of aliphatic hydroxyl groups excluding tert-OH is 2. The Morgan fingerprint density at radius 1 is 1.50 bits per heavy atom. The van der Waals surface area contributed by atoms with Crippen molar-refractivity contribution in [3.63, 3.8) is 0 Å². The van der Waals surface area contributed by atoms with E-state index in [1.807, 2.05) is 0 Å². The summed E-state index contributed by atoms with van der Waals surface area (Å²) in [5.41, 5.74) is 0. The van der Waals surface area contributed by atoms with Crippen molar-refractivity contribution in [2.24, 2.45) is 0 Å². The van der Waals surface area contributed by atoms with Crippen LogP contribution in [0.3, 0.4) is 0 Å². The summed E-state index contributed by atoms with van der Waals surface area (Å²) < 4.78 is 0. The fraction of sp³-hybridized carbons (Fsp3) is 0.875. The second kappa shape index (κ2) is 5.97. The van der Waals surface area contributed by atoms with E-state index in [-0.39, 0.29) is 18.6 Å². The maximum absolute atomic E-state index is 11.0. The second-order valence-corrected chi connectivity index (χ2v) is 3.04. The number of amides is 1. The first kappa shape index (κ1) is 11.4. The summed E-state index contributed by atoms with van der Waals surface area (Å²) in [5.74, 6) is -0.127. The standard InChI is InChI=1S/C8H17NO3/c1-6(5-10)9-8(12)4-3-7(2)11/h6-7,10-11H,3-5H2,1-2H3,(H,9,12). The Morgan fingerprint density at radius 3 is 2.50 bits per heavy atom. The van der Waals surface area contributed by atoms with Crippen molar-refractivity contribution in [3.8, 4) is 0 Å². The lowest BCUT2D eigenvalue weighted by atomic mass is 10.2. The van der Waals surface area contributed by atoms with Crippen molar-refractivity contribution in [3.05, 3.63) is 0 Å². The van der Waals surface area contributed by atoms with Crippen LogP contribution in [0.25, 0.3) is 0 Å². The van der Waals surface area contributed by atoms with E-state index in [0.717, 1.165) is 0 Å². The number of carbonyl (C=O) groups excluding carboxylic acids is 1. The molecule has 0 aliphatic carbocycles. The van der Waals surface area contributed by atoms with Crippen LogP contribution >= 0.6 is 0 Å².